The molecule has 0 radical (unpaired) electrons. The lowest BCUT2D eigenvalue weighted by molar-refractivity contribution is 0.335. The van der Waals surface area contributed by atoms with Crippen molar-refractivity contribution in [2.75, 3.05) is 6.61 Å². The molecular formula is C16H11F3O. The first-order valence-corrected chi connectivity index (χ1v) is 5.99. The van der Waals surface area contributed by atoms with E-state index < -0.39 is 17.5 Å². The van der Waals surface area contributed by atoms with Crippen LogP contribution in [0.1, 0.15) is 18.1 Å². The van der Waals surface area contributed by atoms with Crippen LogP contribution in [0.5, 0.6) is 5.75 Å². The van der Waals surface area contributed by atoms with Gasteiger partial charge in [-0.3, -0.25) is 0 Å². The first kappa shape index (κ1) is 14.0. The lowest BCUT2D eigenvalue weighted by Gasteiger charge is -2.04. The predicted molar refractivity (Wildman–Crippen MR) is 69.9 cm³/mol. The zero-order valence-corrected chi connectivity index (χ0v) is 10.7. The fourth-order valence-corrected chi connectivity index (χ4v) is 1.59. The number of rotatable bonds is 2. The summed E-state index contributed by atoms with van der Waals surface area (Å²) in [5.74, 6) is 3.14. The number of hydrogen-bond donors (Lipinski definition) is 0. The molecule has 0 saturated heterocycles. The minimum absolute atomic E-state index is 0.120. The molecule has 2 aromatic rings. The van der Waals surface area contributed by atoms with E-state index in [1.165, 1.54) is 24.3 Å². The fraction of sp³-hybridized carbons (Fsp3) is 0.125. The predicted octanol–water partition coefficient (Wildman–Crippen LogP) is 3.90. The molecule has 0 heterocycles. The summed E-state index contributed by atoms with van der Waals surface area (Å²) in [6, 6.07) is 7.51. The molecule has 20 heavy (non-hydrogen) atoms. The van der Waals surface area contributed by atoms with Crippen LogP contribution >= 0.6 is 0 Å². The monoisotopic (exact) mass is 276 g/mol. The normalized spacial score (nSPS) is 9.80. The number of ether oxygens (including phenoxy) is 1. The van der Waals surface area contributed by atoms with Crippen molar-refractivity contribution >= 4 is 0 Å². The van der Waals surface area contributed by atoms with E-state index in [9.17, 15) is 13.2 Å². The van der Waals surface area contributed by atoms with Crippen molar-refractivity contribution in [3.63, 3.8) is 0 Å². The maximum atomic E-state index is 13.7. The molecule has 0 unspecified atom stereocenters. The van der Waals surface area contributed by atoms with Crippen LogP contribution in [-0.4, -0.2) is 6.61 Å². The third-order valence-electron chi connectivity index (χ3n) is 2.50. The Balaban J connectivity index is 2.32. The topological polar surface area (TPSA) is 9.23 Å². The van der Waals surface area contributed by atoms with Gasteiger partial charge in [0.2, 0.25) is 0 Å². The Morgan fingerprint density at radius 3 is 2.10 bits per heavy atom. The SMILES string of the molecule is CCOc1cc(F)c(C#Cc2ccc(F)cc2)c(F)c1. The van der Waals surface area contributed by atoms with Crippen molar-refractivity contribution in [3.05, 3.63) is 65.0 Å². The summed E-state index contributed by atoms with van der Waals surface area (Å²) < 4.78 is 45.2. The van der Waals surface area contributed by atoms with Gasteiger partial charge in [0.05, 0.1) is 12.2 Å². The summed E-state index contributed by atoms with van der Waals surface area (Å²) in [4.78, 5) is 0. The molecule has 0 saturated carbocycles. The molecule has 102 valence electrons. The van der Waals surface area contributed by atoms with Crippen LogP contribution in [-0.2, 0) is 0 Å². The van der Waals surface area contributed by atoms with Gasteiger partial charge in [0.15, 0.2) is 0 Å². The lowest BCUT2D eigenvalue weighted by atomic mass is 10.1. The highest BCUT2D eigenvalue weighted by molar-refractivity contribution is 5.46. The highest BCUT2D eigenvalue weighted by atomic mass is 19.1. The van der Waals surface area contributed by atoms with Crippen molar-refractivity contribution in [2.45, 2.75) is 6.92 Å². The van der Waals surface area contributed by atoms with Crippen LogP contribution in [0, 0.1) is 29.3 Å². The molecule has 0 spiro atoms. The van der Waals surface area contributed by atoms with Gasteiger partial charge in [-0.25, -0.2) is 13.2 Å². The Morgan fingerprint density at radius 1 is 0.950 bits per heavy atom. The first-order valence-electron chi connectivity index (χ1n) is 5.99. The van der Waals surface area contributed by atoms with Crippen LogP contribution in [0.15, 0.2) is 36.4 Å². The molecule has 0 fully saturated rings. The van der Waals surface area contributed by atoms with Gasteiger partial charge in [-0.15, -0.1) is 0 Å². The van der Waals surface area contributed by atoms with Crippen LogP contribution in [0.2, 0.25) is 0 Å². The number of halogens is 3. The average molecular weight is 276 g/mol. The van der Waals surface area contributed by atoms with Crippen molar-refractivity contribution in [2.24, 2.45) is 0 Å². The molecule has 0 amide bonds. The fourth-order valence-electron chi connectivity index (χ4n) is 1.59. The maximum absolute atomic E-state index is 13.7. The Bertz CT molecular complexity index is 643. The van der Waals surface area contributed by atoms with Crippen LogP contribution in [0.25, 0.3) is 0 Å². The van der Waals surface area contributed by atoms with Gasteiger partial charge in [0.25, 0.3) is 0 Å². The molecule has 2 rings (SSSR count). The van der Waals surface area contributed by atoms with Crippen LogP contribution in [0.3, 0.4) is 0 Å². The molecular weight excluding hydrogens is 265 g/mol. The summed E-state index contributed by atoms with van der Waals surface area (Å²) in [5.41, 5.74) is 0.136. The maximum Gasteiger partial charge on any atom is 0.145 e. The van der Waals surface area contributed by atoms with Crippen LogP contribution < -0.4 is 4.74 Å². The molecule has 0 atom stereocenters. The van der Waals surface area contributed by atoms with Gasteiger partial charge in [-0.1, -0.05) is 11.8 Å². The van der Waals surface area contributed by atoms with Gasteiger partial charge in [0, 0.05) is 17.7 Å². The third-order valence-corrected chi connectivity index (χ3v) is 2.50. The summed E-state index contributed by atoms with van der Waals surface area (Å²) in [5, 5.41) is 0. The average Bonchev–Trinajstić information content (AvgIpc) is 2.40. The second kappa shape index (κ2) is 6.16. The first-order chi connectivity index (χ1) is 9.60. The molecule has 0 aliphatic carbocycles. The van der Waals surface area contributed by atoms with Crippen LogP contribution in [0.4, 0.5) is 13.2 Å². The largest absolute Gasteiger partial charge is 0.494 e. The number of hydrogen-bond acceptors (Lipinski definition) is 1. The molecule has 0 aliphatic rings. The molecule has 0 N–H and O–H groups in total. The summed E-state index contributed by atoms with van der Waals surface area (Å²) >= 11 is 0. The van der Waals surface area contributed by atoms with Gasteiger partial charge in [0.1, 0.15) is 23.2 Å². The Hall–Kier alpha value is -2.41. The van der Waals surface area contributed by atoms with E-state index in [0.29, 0.717) is 12.2 Å². The smallest absolute Gasteiger partial charge is 0.145 e. The quantitative estimate of drug-likeness (QED) is 0.756. The van der Waals surface area contributed by atoms with Crippen molar-refractivity contribution in [3.8, 4) is 17.6 Å². The highest BCUT2D eigenvalue weighted by Crippen LogP contribution is 2.20. The van der Waals surface area contributed by atoms with E-state index in [1.807, 2.05) is 0 Å². The molecule has 0 aliphatic heterocycles. The van der Waals surface area contributed by atoms with E-state index in [4.69, 9.17) is 4.74 Å². The third kappa shape index (κ3) is 3.33. The van der Waals surface area contributed by atoms with E-state index in [-0.39, 0.29) is 11.3 Å². The van der Waals surface area contributed by atoms with Gasteiger partial charge in [-0.05, 0) is 31.2 Å². The summed E-state index contributed by atoms with van der Waals surface area (Å²) in [6.45, 7) is 2.04. The van der Waals surface area contributed by atoms with Crippen molar-refractivity contribution < 1.29 is 17.9 Å². The Morgan fingerprint density at radius 2 is 1.55 bits per heavy atom. The second-order valence-corrected chi connectivity index (χ2v) is 3.95. The zero-order chi connectivity index (χ0) is 14.5. The van der Waals surface area contributed by atoms with Gasteiger partial charge < -0.3 is 4.74 Å². The standard InChI is InChI=1S/C16H11F3O/c1-2-20-13-9-15(18)14(16(19)10-13)8-5-11-3-6-12(17)7-4-11/h3-4,6-7,9-10H,2H2,1H3. The van der Waals surface area contributed by atoms with E-state index in [0.717, 1.165) is 12.1 Å². The highest BCUT2D eigenvalue weighted by Gasteiger charge is 2.09. The Kier molecular flexibility index (Phi) is 4.31. The lowest BCUT2D eigenvalue weighted by Crippen LogP contribution is -1.96. The molecule has 1 nitrogen and oxygen atoms in total. The number of benzene rings is 2. The molecule has 4 heteroatoms. The molecule has 2 aromatic carbocycles. The summed E-state index contributed by atoms with van der Waals surface area (Å²) in [6.07, 6.45) is 0. The van der Waals surface area contributed by atoms with Gasteiger partial charge >= 0.3 is 0 Å². The van der Waals surface area contributed by atoms with E-state index in [2.05, 4.69) is 11.8 Å². The minimum Gasteiger partial charge on any atom is -0.494 e. The molecule has 0 aromatic heterocycles. The Labute approximate surface area is 115 Å². The van der Waals surface area contributed by atoms with Crippen molar-refractivity contribution in [1.82, 2.24) is 0 Å². The molecule has 0 bridgehead atoms. The van der Waals surface area contributed by atoms with Gasteiger partial charge in [-0.2, -0.15) is 0 Å². The second-order valence-electron chi connectivity index (χ2n) is 3.95. The minimum atomic E-state index is -0.789. The van der Waals surface area contributed by atoms with E-state index >= 15 is 0 Å². The van der Waals surface area contributed by atoms with Crippen molar-refractivity contribution in [1.29, 1.82) is 0 Å². The summed E-state index contributed by atoms with van der Waals surface area (Å²) in [7, 11) is 0. The zero-order valence-electron chi connectivity index (χ0n) is 10.7. The van der Waals surface area contributed by atoms with E-state index in [1.54, 1.807) is 6.92 Å².